The molecule has 0 saturated carbocycles. The monoisotopic (exact) mass is 511 g/mol. The van der Waals surface area contributed by atoms with Gasteiger partial charge < -0.3 is 9.47 Å². The summed E-state index contributed by atoms with van der Waals surface area (Å²) in [5.74, 6) is -1.13. The van der Waals surface area contributed by atoms with Crippen molar-refractivity contribution in [3.8, 4) is 5.75 Å². The Morgan fingerprint density at radius 1 is 1.09 bits per heavy atom. The summed E-state index contributed by atoms with van der Waals surface area (Å²) in [6.45, 7) is -1.06. The average Bonchev–Trinajstić information content (AvgIpc) is 3.26. The third-order valence-corrected chi connectivity index (χ3v) is 7.28. The lowest BCUT2D eigenvalue weighted by Gasteiger charge is -2.07. The molecule has 0 saturated heterocycles. The van der Waals surface area contributed by atoms with Crippen LogP contribution in [0.5, 0.6) is 5.75 Å². The van der Waals surface area contributed by atoms with Crippen LogP contribution in [0.2, 0.25) is 5.02 Å². The molecule has 14 heteroatoms. The minimum Gasteiger partial charge on any atom is -0.482 e. The summed E-state index contributed by atoms with van der Waals surface area (Å²) in [7, 11) is -3.99. The third kappa shape index (κ3) is 6.47. The number of esters is 1. The van der Waals surface area contributed by atoms with Gasteiger partial charge in [-0.25, -0.2) is 18.2 Å². The Balaban J connectivity index is 1.52. The molecule has 0 aliphatic rings. The van der Waals surface area contributed by atoms with Crippen LogP contribution in [0.3, 0.4) is 0 Å². The van der Waals surface area contributed by atoms with Crippen molar-refractivity contribution in [2.75, 3.05) is 18.5 Å². The predicted molar refractivity (Wildman–Crippen MR) is 117 cm³/mol. The van der Waals surface area contributed by atoms with Gasteiger partial charge in [0.2, 0.25) is 9.84 Å². The van der Waals surface area contributed by atoms with E-state index in [4.69, 9.17) is 21.1 Å². The summed E-state index contributed by atoms with van der Waals surface area (Å²) in [6.07, 6.45) is 1.04. The lowest BCUT2D eigenvalue weighted by Crippen LogP contribution is -2.23. The van der Waals surface area contributed by atoms with E-state index in [0.29, 0.717) is 22.1 Å². The smallest absolute Gasteiger partial charge is 0.344 e. The number of hydrogen-bond donors (Lipinski definition) is 1. The molecule has 0 spiro atoms. The molecule has 1 N–H and O–H groups in total. The van der Waals surface area contributed by atoms with Gasteiger partial charge in [0.1, 0.15) is 9.96 Å². The van der Waals surface area contributed by atoms with Crippen molar-refractivity contribution >= 4 is 55.5 Å². The summed E-state index contributed by atoms with van der Waals surface area (Å²) < 4.78 is 35.1. The van der Waals surface area contributed by atoms with Crippen LogP contribution >= 0.6 is 22.9 Å². The van der Waals surface area contributed by atoms with Gasteiger partial charge in [0, 0.05) is 17.2 Å². The number of nitro groups is 1. The van der Waals surface area contributed by atoms with Crippen LogP contribution in [0.15, 0.2) is 63.8 Å². The largest absolute Gasteiger partial charge is 0.482 e. The predicted octanol–water partition coefficient (Wildman–Crippen LogP) is 3.10. The molecule has 172 valence electrons. The first kappa shape index (κ1) is 24.1. The first-order valence-corrected chi connectivity index (χ1v) is 11.6. The van der Waals surface area contributed by atoms with E-state index in [-0.39, 0.29) is 19.9 Å². The van der Waals surface area contributed by atoms with Crippen molar-refractivity contribution < 1.29 is 32.4 Å². The molecule has 33 heavy (non-hydrogen) atoms. The summed E-state index contributed by atoms with van der Waals surface area (Å²) in [6, 6.07) is 10.6. The van der Waals surface area contributed by atoms with Gasteiger partial charge >= 0.3 is 5.97 Å². The van der Waals surface area contributed by atoms with Crippen molar-refractivity contribution in [3.63, 3.8) is 0 Å². The second-order valence-corrected chi connectivity index (χ2v) is 9.83. The number of halogens is 1. The molecule has 0 aliphatic heterocycles. The first-order valence-electron chi connectivity index (χ1n) is 8.94. The van der Waals surface area contributed by atoms with Crippen LogP contribution in [0.1, 0.15) is 0 Å². The second kappa shape index (κ2) is 10.4. The summed E-state index contributed by atoms with van der Waals surface area (Å²) in [4.78, 5) is 37.4. The zero-order valence-corrected chi connectivity index (χ0v) is 18.9. The number of benzene rings is 2. The summed E-state index contributed by atoms with van der Waals surface area (Å²) >= 11 is 6.42. The van der Waals surface area contributed by atoms with Crippen molar-refractivity contribution in [1.82, 2.24) is 4.98 Å². The molecule has 3 rings (SSSR count). The highest BCUT2D eigenvalue weighted by Gasteiger charge is 2.22. The van der Waals surface area contributed by atoms with E-state index in [0.717, 1.165) is 30.5 Å². The van der Waals surface area contributed by atoms with E-state index in [2.05, 4.69) is 10.3 Å². The van der Waals surface area contributed by atoms with Gasteiger partial charge in [-0.3, -0.25) is 20.2 Å². The van der Waals surface area contributed by atoms with E-state index in [9.17, 15) is 28.1 Å². The molecular formula is C19H14ClN3O8S2. The molecule has 3 aromatic rings. The van der Waals surface area contributed by atoms with Crippen LogP contribution in [-0.4, -0.2) is 43.4 Å². The summed E-state index contributed by atoms with van der Waals surface area (Å²) in [5, 5.41) is 13.5. The Hall–Kier alpha value is -3.55. The van der Waals surface area contributed by atoms with Crippen LogP contribution in [0, 0.1) is 10.1 Å². The first-order chi connectivity index (χ1) is 15.6. The number of anilines is 1. The van der Waals surface area contributed by atoms with Gasteiger partial charge in [-0.1, -0.05) is 22.9 Å². The Morgan fingerprint density at radius 3 is 2.39 bits per heavy atom. The topological polar surface area (TPSA) is 155 Å². The lowest BCUT2D eigenvalue weighted by molar-refractivity contribution is -0.384. The molecule has 0 radical (unpaired) electrons. The second-order valence-electron chi connectivity index (χ2n) is 6.19. The number of non-ortho nitro benzene ring substituents is 1. The minimum absolute atomic E-state index is 0.0334. The van der Waals surface area contributed by atoms with Gasteiger partial charge in [-0.2, -0.15) is 0 Å². The number of ether oxygens (including phenoxy) is 2. The quantitative estimate of drug-likeness (QED) is 0.259. The Bertz CT molecular complexity index is 1280. The standard InChI is InChI=1S/C19H14ClN3O8S2/c20-12-1-5-14(6-2-12)30-11-17(25)31-10-16(24)22-19-21-9-18(32-19)33(28,29)15-7-3-13(4-8-15)23(26)27/h1-9H,10-11H2,(H,21,22,24). The number of amides is 1. The van der Waals surface area contributed by atoms with Gasteiger partial charge in [-0.15, -0.1) is 0 Å². The van der Waals surface area contributed by atoms with Crippen molar-refractivity contribution in [2.45, 2.75) is 9.10 Å². The van der Waals surface area contributed by atoms with E-state index < -0.39 is 39.9 Å². The number of aromatic nitrogens is 1. The molecule has 0 bridgehead atoms. The zero-order chi connectivity index (χ0) is 24.0. The maximum Gasteiger partial charge on any atom is 0.344 e. The Labute approximate surface area is 196 Å². The zero-order valence-electron chi connectivity index (χ0n) is 16.5. The fourth-order valence-corrected chi connectivity index (χ4v) is 4.90. The van der Waals surface area contributed by atoms with E-state index in [1.54, 1.807) is 24.3 Å². The highest BCUT2D eigenvalue weighted by atomic mass is 35.5. The number of nitro benzene ring substituents is 1. The number of carbonyl (C=O) groups is 2. The number of hydrogen-bond acceptors (Lipinski definition) is 10. The molecule has 1 amide bonds. The summed E-state index contributed by atoms with van der Waals surface area (Å²) in [5.41, 5.74) is -0.251. The number of carbonyl (C=O) groups excluding carboxylic acids is 2. The van der Waals surface area contributed by atoms with Crippen molar-refractivity contribution in [2.24, 2.45) is 0 Å². The maximum atomic E-state index is 12.6. The average molecular weight is 512 g/mol. The molecule has 11 nitrogen and oxygen atoms in total. The SMILES string of the molecule is O=C(COC(=O)COc1ccc(Cl)cc1)Nc1ncc(S(=O)(=O)c2ccc([N+](=O)[O-])cc2)s1. The number of sulfone groups is 1. The molecule has 2 aromatic carbocycles. The number of nitrogens with one attached hydrogen (secondary N) is 1. The molecule has 0 unspecified atom stereocenters. The van der Waals surface area contributed by atoms with Crippen molar-refractivity contribution in [1.29, 1.82) is 0 Å². The normalized spacial score (nSPS) is 10.9. The molecule has 1 aromatic heterocycles. The highest BCUT2D eigenvalue weighted by molar-refractivity contribution is 7.93. The Morgan fingerprint density at radius 2 is 1.76 bits per heavy atom. The number of nitrogens with zero attached hydrogens (tertiary/aromatic N) is 2. The van der Waals surface area contributed by atoms with Gasteiger partial charge in [0.05, 0.1) is 16.0 Å². The number of thiazole rings is 1. The van der Waals surface area contributed by atoms with Crippen LogP contribution in [0.25, 0.3) is 0 Å². The Kier molecular flexibility index (Phi) is 7.58. The van der Waals surface area contributed by atoms with E-state index >= 15 is 0 Å². The number of rotatable bonds is 9. The van der Waals surface area contributed by atoms with E-state index in [1.807, 2.05) is 0 Å². The van der Waals surface area contributed by atoms with Gasteiger partial charge in [0.15, 0.2) is 18.3 Å². The van der Waals surface area contributed by atoms with Crippen LogP contribution in [-0.2, 0) is 24.2 Å². The van der Waals surface area contributed by atoms with Crippen LogP contribution < -0.4 is 10.1 Å². The molecule has 0 aliphatic carbocycles. The van der Waals surface area contributed by atoms with E-state index in [1.165, 1.54) is 0 Å². The third-order valence-electron chi connectivity index (χ3n) is 3.89. The molecule has 0 atom stereocenters. The minimum atomic E-state index is -3.99. The molecule has 1 heterocycles. The maximum absolute atomic E-state index is 12.6. The highest BCUT2D eigenvalue weighted by Crippen LogP contribution is 2.29. The molecule has 0 fully saturated rings. The fraction of sp³-hybridized carbons (Fsp3) is 0.105. The molecular weight excluding hydrogens is 498 g/mol. The van der Waals surface area contributed by atoms with Gasteiger partial charge in [-0.05, 0) is 36.4 Å². The fourth-order valence-electron chi connectivity index (χ4n) is 2.32. The lowest BCUT2D eigenvalue weighted by atomic mass is 10.3. The van der Waals surface area contributed by atoms with Crippen molar-refractivity contribution in [3.05, 3.63) is 69.9 Å². The van der Waals surface area contributed by atoms with Gasteiger partial charge in [0.25, 0.3) is 11.6 Å². The van der Waals surface area contributed by atoms with Crippen LogP contribution in [0.4, 0.5) is 10.8 Å².